The summed E-state index contributed by atoms with van der Waals surface area (Å²) < 4.78 is 38.0. The van der Waals surface area contributed by atoms with Crippen LogP contribution in [0, 0.1) is 10.8 Å². The number of nitrogen functional groups attached to an aromatic ring is 1. The van der Waals surface area contributed by atoms with Crippen molar-refractivity contribution in [2.75, 3.05) is 18.9 Å². The molecule has 2 aliphatic rings. The molecule has 3 rings (SSSR count). The van der Waals surface area contributed by atoms with Crippen molar-refractivity contribution in [3.8, 4) is 0 Å². The van der Waals surface area contributed by atoms with Gasteiger partial charge >= 0.3 is 12.1 Å². The van der Waals surface area contributed by atoms with Crippen LogP contribution >= 0.6 is 0 Å². The van der Waals surface area contributed by atoms with Gasteiger partial charge < -0.3 is 20.6 Å². The first-order valence-electron chi connectivity index (χ1n) is 10.5. The van der Waals surface area contributed by atoms with E-state index in [4.69, 9.17) is 20.6 Å². The van der Waals surface area contributed by atoms with E-state index in [1.54, 1.807) is 39.8 Å². The number of nitrogens with zero attached hydrogens (tertiary/aromatic N) is 1. The molecular weight excluding hydrogens is 420 g/mol. The fraction of sp³-hybridized carbons (Fsp3) is 0.522. The summed E-state index contributed by atoms with van der Waals surface area (Å²) in [6.45, 7) is 7.23. The molecule has 1 spiro atoms. The van der Waals surface area contributed by atoms with Crippen LogP contribution in [0.4, 0.5) is 19.3 Å². The van der Waals surface area contributed by atoms with Crippen molar-refractivity contribution in [1.29, 1.82) is 5.41 Å². The van der Waals surface area contributed by atoms with Crippen molar-refractivity contribution < 1.29 is 27.8 Å². The van der Waals surface area contributed by atoms with Crippen LogP contribution in [-0.2, 0) is 9.47 Å². The first kappa shape index (κ1) is 23.7. The molecule has 0 unspecified atom stereocenters. The molecule has 1 fully saturated rings. The predicted molar refractivity (Wildman–Crippen MR) is 117 cm³/mol. The molecule has 1 aromatic carbocycles. The molecule has 174 valence electrons. The Kier molecular flexibility index (Phi) is 6.06. The van der Waals surface area contributed by atoms with Crippen LogP contribution in [0.25, 0.3) is 5.70 Å². The van der Waals surface area contributed by atoms with Crippen molar-refractivity contribution in [1.82, 2.24) is 4.90 Å². The summed E-state index contributed by atoms with van der Waals surface area (Å²) in [5.41, 5.74) is 5.90. The standard InChI is InChI=1S/C23H29F2N3O4/c1-5-31-19(29)14-6-7-15(18(27)16(14)11-26)17-10-22(12-23(24,25)13-22)8-9-28(17)20(30)32-21(2,3)4/h6-7,10-11,26H,5,8-9,12-13,27H2,1-4H3. The number of halogens is 2. The van der Waals surface area contributed by atoms with Crippen LogP contribution < -0.4 is 5.73 Å². The van der Waals surface area contributed by atoms with Gasteiger partial charge in [-0.3, -0.25) is 4.90 Å². The van der Waals surface area contributed by atoms with Crippen molar-refractivity contribution in [2.45, 2.75) is 58.5 Å². The average molecular weight is 449 g/mol. The molecular formula is C23H29F2N3O4. The lowest BCUT2D eigenvalue weighted by Crippen LogP contribution is -2.50. The number of allylic oxidation sites excluding steroid dienone is 1. The second-order valence-electron chi connectivity index (χ2n) is 9.34. The first-order chi connectivity index (χ1) is 14.8. The minimum atomic E-state index is -2.74. The summed E-state index contributed by atoms with van der Waals surface area (Å²) in [5.74, 6) is -3.37. The number of amides is 1. The van der Waals surface area contributed by atoms with Gasteiger partial charge in [-0.1, -0.05) is 6.08 Å². The van der Waals surface area contributed by atoms with Gasteiger partial charge in [0.25, 0.3) is 0 Å². The molecule has 0 bridgehead atoms. The number of ether oxygens (including phenoxy) is 2. The maximum atomic E-state index is 13.7. The van der Waals surface area contributed by atoms with E-state index < -0.39 is 29.0 Å². The van der Waals surface area contributed by atoms with E-state index in [2.05, 4.69) is 0 Å². The highest BCUT2D eigenvalue weighted by Gasteiger charge is 2.57. The van der Waals surface area contributed by atoms with E-state index in [0.29, 0.717) is 17.7 Å². The summed E-state index contributed by atoms with van der Waals surface area (Å²) >= 11 is 0. The molecule has 1 aliphatic carbocycles. The van der Waals surface area contributed by atoms with Crippen LogP contribution in [0.3, 0.4) is 0 Å². The monoisotopic (exact) mass is 449 g/mol. The Morgan fingerprint density at radius 3 is 2.47 bits per heavy atom. The van der Waals surface area contributed by atoms with Gasteiger partial charge in [0.2, 0.25) is 5.92 Å². The summed E-state index contributed by atoms with van der Waals surface area (Å²) in [5, 5.41) is 7.76. The normalized spacial score (nSPS) is 19.1. The number of alkyl halides is 2. The number of nitrogens with one attached hydrogen (secondary N) is 1. The van der Waals surface area contributed by atoms with Gasteiger partial charge in [-0.25, -0.2) is 18.4 Å². The van der Waals surface area contributed by atoms with Gasteiger partial charge in [-0.05, 0) is 46.2 Å². The minimum absolute atomic E-state index is 0.0912. The first-order valence-corrected chi connectivity index (χ1v) is 10.5. The second kappa shape index (κ2) is 8.18. The largest absolute Gasteiger partial charge is 0.462 e. The lowest BCUT2D eigenvalue weighted by molar-refractivity contribution is -0.146. The average Bonchev–Trinajstić information content (AvgIpc) is 2.64. The van der Waals surface area contributed by atoms with E-state index in [0.717, 1.165) is 6.21 Å². The summed E-state index contributed by atoms with van der Waals surface area (Å²) in [6.07, 6.45) is 1.77. The zero-order valence-corrected chi connectivity index (χ0v) is 18.8. The minimum Gasteiger partial charge on any atom is -0.462 e. The van der Waals surface area contributed by atoms with Gasteiger partial charge in [0.05, 0.1) is 23.6 Å². The van der Waals surface area contributed by atoms with Crippen LogP contribution in [-0.4, -0.2) is 47.9 Å². The van der Waals surface area contributed by atoms with Gasteiger partial charge in [-0.2, -0.15) is 0 Å². The topological polar surface area (TPSA) is 106 Å². The number of carbonyl (C=O) groups is 2. The third kappa shape index (κ3) is 4.61. The van der Waals surface area contributed by atoms with Gasteiger partial charge in [-0.15, -0.1) is 0 Å². The van der Waals surface area contributed by atoms with Crippen LogP contribution in [0.1, 0.15) is 68.4 Å². The molecule has 0 radical (unpaired) electrons. The fourth-order valence-corrected chi connectivity index (χ4v) is 4.28. The Morgan fingerprint density at radius 2 is 1.94 bits per heavy atom. The molecule has 1 aliphatic heterocycles. The van der Waals surface area contributed by atoms with Crippen LogP contribution in [0.2, 0.25) is 0 Å². The van der Waals surface area contributed by atoms with E-state index in [-0.39, 0.29) is 42.8 Å². The molecule has 1 aromatic rings. The number of hydrogen-bond donors (Lipinski definition) is 2. The Balaban J connectivity index is 2.09. The summed E-state index contributed by atoms with van der Waals surface area (Å²) in [6, 6.07) is 3.02. The third-order valence-electron chi connectivity index (χ3n) is 5.61. The number of benzene rings is 1. The van der Waals surface area contributed by atoms with Crippen molar-refractivity contribution in [3.63, 3.8) is 0 Å². The highest BCUT2D eigenvalue weighted by atomic mass is 19.3. The molecule has 7 nitrogen and oxygen atoms in total. The van der Waals surface area contributed by atoms with E-state index in [9.17, 15) is 18.4 Å². The van der Waals surface area contributed by atoms with E-state index in [1.807, 2.05) is 0 Å². The lowest BCUT2D eigenvalue weighted by atomic mass is 9.62. The molecule has 9 heteroatoms. The molecule has 0 atom stereocenters. The highest BCUT2D eigenvalue weighted by Crippen LogP contribution is 2.58. The number of nitrogens with two attached hydrogens (primary N) is 1. The lowest BCUT2D eigenvalue weighted by Gasteiger charge is -2.50. The maximum absolute atomic E-state index is 13.7. The SMILES string of the molecule is CCOC(=O)c1ccc(C2=CC3(CCN2C(=O)OC(C)(C)C)CC(F)(F)C3)c(N)c1C=N. The third-order valence-corrected chi connectivity index (χ3v) is 5.61. The Labute approximate surface area is 186 Å². The molecule has 0 saturated heterocycles. The second-order valence-corrected chi connectivity index (χ2v) is 9.34. The zero-order chi connectivity index (χ0) is 23.9. The van der Waals surface area contributed by atoms with Crippen molar-refractivity contribution in [2.24, 2.45) is 5.41 Å². The Morgan fingerprint density at radius 1 is 1.28 bits per heavy atom. The van der Waals surface area contributed by atoms with E-state index in [1.165, 1.54) is 11.0 Å². The quantitative estimate of drug-likeness (QED) is 0.389. The summed E-state index contributed by atoms with van der Waals surface area (Å²) in [7, 11) is 0. The number of anilines is 1. The van der Waals surface area contributed by atoms with Crippen molar-refractivity contribution >= 4 is 29.7 Å². The number of esters is 1. The number of rotatable bonds is 4. The van der Waals surface area contributed by atoms with Crippen LogP contribution in [0.15, 0.2) is 18.2 Å². The predicted octanol–water partition coefficient (Wildman–Crippen LogP) is 4.84. The van der Waals surface area contributed by atoms with Gasteiger partial charge in [0.1, 0.15) is 5.60 Å². The fourth-order valence-electron chi connectivity index (χ4n) is 4.28. The Hall–Kier alpha value is -2.97. The van der Waals surface area contributed by atoms with Gasteiger partial charge in [0, 0.05) is 42.1 Å². The molecule has 1 saturated carbocycles. The van der Waals surface area contributed by atoms with E-state index >= 15 is 0 Å². The molecule has 32 heavy (non-hydrogen) atoms. The molecule has 3 N–H and O–H groups in total. The smallest absolute Gasteiger partial charge is 0.414 e. The van der Waals surface area contributed by atoms with Crippen LogP contribution in [0.5, 0.6) is 0 Å². The number of hydrogen-bond acceptors (Lipinski definition) is 6. The summed E-state index contributed by atoms with van der Waals surface area (Å²) in [4.78, 5) is 26.6. The maximum Gasteiger partial charge on any atom is 0.414 e. The molecule has 1 heterocycles. The molecule has 0 aromatic heterocycles. The van der Waals surface area contributed by atoms with Gasteiger partial charge in [0.15, 0.2) is 0 Å². The Bertz CT molecular complexity index is 974. The zero-order valence-electron chi connectivity index (χ0n) is 18.8. The highest BCUT2D eigenvalue weighted by molar-refractivity contribution is 6.04. The van der Waals surface area contributed by atoms with Crippen molar-refractivity contribution in [3.05, 3.63) is 34.9 Å². The molecule has 1 amide bonds. The number of carbonyl (C=O) groups excluding carboxylic acids is 2.